The van der Waals surface area contributed by atoms with Crippen molar-refractivity contribution in [1.29, 1.82) is 0 Å². The normalized spacial score (nSPS) is 28.7. The van der Waals surface area contributed by atoms with E-state index in [0.717, 1.165) is 57.4 Å². The molecule has 1 heterocycles. The van der Waals surface area contributed by atoms with E-state index in [1.165, 1.54) is 5.56 Å². The van der Waals surface area contributed by atoms with Crippen LogP contribution in [0.2, 0.25) is 0 Å². The lowest BCUT2D eigenvalue weighted by Gasteiger charge is -2.55. The van der Waals surface area contributed by atoms with Crippen LogP contribution in [0, 0.1) is 5.41 Å². The van der Waals surface area contributed by atoms with Gasteiger partial charge in [0.1, 0.15) is 12.4 Å². The molecule has 0 unspecified atom stereocenters. The summed E-state index contributed by atoms with van der Waals surface area (Å²) in [5.74, 6) is 1.07. The van der Waals surface area contributed by atoms with Crippen LogP contribution in [0.15, 0.2) is 36.2 Å². The number of benzene rings is 1. The second kappa shape index (κ2) is 8.91. The molecule has 0 atom stereocenters. The van der Waals surface area contributed by atoms with E-state index in [1.807, 2.05) is 30.9 Å². The Bertz CT molecular complexity index is 790. The molecule has 5 rings (SSSR count). The molecular formula is C25H35FN2O3. The van der Waals surface area contributed by atoms with Gasteiger partial charge in [0, 0.05) is 30.6 Å². The van der Waals surface area contributed by atoms with E-state index in [2.05, 4.69) is 12.1 Å². The number of carbonyl (C=O) groups excluding carboxylic acids is 1. The molecule has 4 aliphatic rings. The molecule has 0 radical (unpaired) electrons. The van der Waals surface area contributed by atoms with Gasteiger partial charge in [0.15, 0.2) is 0 Å². The van der Waals surface area contributed by atoms with Gasteiger partial charge in [-0.3, -0.25) is 4.79 Å². The van der Waals surface area contributed by atoms with Gasteiger partial charge in [0.2, 0.25) is 5.91 Å². The molecule has 170 valence electrons. The number of fused-ring (bicyclic) bond motifs is 3. The summed E-state index contributed by atoms with van der Waals surface area (Å²) in [5, 5.41) is 0. The minimum atomic E-state index is -0.162. The predicted octanol–water partition coefficient (Wildman–Crippen LogP) is 4.11. The molecule has 1 saturated heterocycles. The first-order valence-corrected chi connectivity index (χ1v) is 11.6. The van der Waals surface area contributed by atoms with Crippen molar-refractivity contribution in [2.75, 3.05) is 26.2 Å². The van der Waals surface area contributed by atoms with Gasteiger partial charge in [-0.15, -0.1) is 0 Å². The van der Waals surface area contributed by atoms with Gasteiger partial charge < -0.3 is 20.1 Å². The van der Waals surface area contributed by atoms with Crippen molar-refractivity contribution in [2.24, 2.45) is 11.1 Å². The van der Waals surface area contributed by atoms with E-state index in [1.54, 1.807) is 0 Å². The molecule has 5 nitrogen and oxygen atoms in total. The summed E-state index contributed by atoms with van der Waals surface area (Å²) in [6.07, 6.45) is 7.01. The topological polar surface area (TPSA) is 64.8 Å². The number of nitrogens with zero attached hydrogens (tertiary/aromatic N) is 1. The van der Waals surface area contributed by atoms with Crippen molar-refractivity contribution in [3.63, 3.8) is 0 Å². The molecule has 2 N–H and O–H groups in total. The van der Waals surface area contributed by atoms with Crippen molar-refractivity contribution in [1.82, 2.24) is 4.90 Å². The Kier molecular flexibility index (Phi) is 6.40. The van der Waals surface area contributed by atoms with E-state index in [0.29, 0.717) is 17.8 Å². The first kappa shape index (κ1) is 22.3. The first-order chi connectivity index (χ1) is 14.9. The van der Waals surface area contributed by atoms with Gasteiger partial charge in [0.05, 0.1) is 18.5 Å². The van der Waals surface area contributed by atoms with E-state index >= 15 is 0 Å². The molecule has 6 heteroatoms. The fourth-order valence-electron chi connectivity index (χ4n) is 5.57. The molecule has 1 aliphatic heterocycles. The fraction of sp³-hybridized carbons (Fsp3) is 0.640. The van der Waals surface area contributed by atoms with E-state index in [9.17, 15) is 9.18 Å². The maximum Gasteiger partial charge on any atom is 0.228 e. The minimum absolute atomic E-state index is 0.154. The zero-order chi connectivity index (χ0) is 22.1. The van der Waals surface area contributed by atoms with Crippen LogP contribution in [0.3, 0.4) is 0 Å². The third kappa shape index (κ3) is 4.37. The quantitative estimate of drug-likeness (QED) is 0.674. The number of likely N-dealkylation sites (tertiary alicyclic amines) is 1. The summed E-state index contributed by atoms with van der Waals surface area (Å²) < 4.78 is 24.1. The zero-order valence-corrected chi connectivity index (χ0v) is 18.7. The lowest BCUT2D eigenvalue weighted by Crippen LogP contribution is -2.61. The lowest BCUT2D eigenvalue weighted by atomic mass is 9.51. The highest BCUT2D eigenvalue weighted by atomic mass is 19.1. The second-order valence-corrected chi connectivity index (χ2v) is 9.86. The molecule has 0 aromatic heterocycles. The highest BCUT2D eigenvalue weighted by Crippen LogP contribution is 2.58. The smallest absolute Gasteiger partial charge is 0.228 e. The molecule has 1 amide bonds. The van der Waals surface area contributed by atoms with Crippen LogP contribution in [0.4, 0.5) is 4.39 Å². The molecule has 1 aromatic rings. The Morgan fingerprint density at radius 3 is 2.29 bits per heavy atom. The Morgan fingerprint density at radius 2 is 1.77 bits per heavy atom. The molecule has 3 aliphatic carbocycles. The van der Waals surface area contributed by atoms with Gasteiger partial charge in [-0.2, -0.15) is 0 Å². The van der Waals surface area contributed by atoms with Crippen molar-refractivity contribution >= 4 is 5.91 Å². The lowest BCUT2D eigenvalue weighted by molar-refractivity contribution is -0.165. The van der Waals surface area contributed by atoms with Gasteiger partial charge in [-0.05, 0) is 75.5 Å². The Balaban J connectivity index is 1.34. The molecule has 4 fully saturated rings. The van der Waals surface area contributed by atoms with Crippen molar-refractivity contribution in [2.45, 2.75) is 70.0 Å². The van der Waals surface area contributed by atoms with Crippen LogP contribution >= 0.6 is 0 Å². The highest BCUT2D eigenvalue weighted by Gasteiger charge is 2.55. The Labute approximate surface area is 184 Å². The van der Waals surface area contributed by atoms with Gasteiger partial charge >= 0.3 is 0 Å². The number of ether oxygens (including phenoxy) is 2. The molecule has 2 bridgehead atoms. The summed E-state index contributed by atoms with van der Waals surface area (Å²) in [5.41, 5.74) is 7.25. The van der Waals surface area contributed by atoms with E-state index in [4.69, 9.17) is 15.2 Å². The number of nitrogens with two attached hydrogens (primary N) is 1. The zero-order valence-electron chi connectivity index (χ0n) is 18.7. The predicted molar refractivity (Wildman–Crippen MR) is 119 cm³/mol. The summed E-state index contributed by atoms with van der Waals surface area (Å²) in [6.45, 7) is 5.90. The largest absolute Gasteiger partial charge is 0.489 e. The third-order valence-electron chi connectivity index (χ3n) is 7.61. The molecular weight excluding hydrogens is 395 g/mol. The van der Waals surface area contributed by atoms with E-state index < -0.39 is 0 Å². The summed E-state index contributed by atoms with van der Waals surface area (Å²) in [4.78, 5) is 15.3. The summed E-state index contributed by atoms with van der Waals surface area (Å²) in [6, 6.07) is 8.21. The molecule has 3 saturated carbocycles. The minimum Gasteiger partial charge on any atom is -0.489 e. The number of amides is 1. The Morgan fingerprint density at radius 1 is 1.16 bits per heavy atom. The van der Waals surface area contributed by atoms with Crippen LogP contribution in [0.25, 0.3) is 0 Å². The van der Waals surface area contributed by atoms with Crippen LogP contribution in [0.5, 0.6) is 5.75 Å². The second-order valence-electron chi connectivity index (χ2n) is 9.86. The number of rotatable bonds is 8. The average Bonchev–Trinajstić information content (AvgIpc) is 2.77. The van der Waals surface area contributed by atoms with E-state index in [-0.39, 0.29) is 36.2 Å². The number of hydrogen-bond acceptors (Lipinski definition) is 4. The summed E-state index contributed by atoms with van der Waals surface area (Å²) >= 11 is 0. The van der Waals surface area contributed by atoms with Crippen LogP contribution < -0.4 is 10.5 Å². The van der Waals surface area contributed by atoms with Gasteiger partial charge in [-0.1, -0.05) is 12.1 Å². The Hall–Kier alpha value is -1.92. The standard InChI is InChI=1S/C25H35FN2O3/c1-18(2)31-22-15-28(16-22)23(29)25-10-7-24(8-11-25,9-12-25)20-3-5-21(6-4-20)30-17-19(13-26)14-27/h3-6,13,18,22H,7-12,14-17,27H2,1-2H3. The van der Waals surface area contributed by atoms with Crippen molar-refractivity contribution < 1.29 is 18.7 Å². The number of hydrogen-bond donors (Lipinski definition) is 1. The molecule has 1 aromatic carbocycles. The average molecular weight is 431 g/mol. The maximum atomic E-state index is 13.3. The van der Waals surface area contributed by atoms with Crippen LogP contribution in [0.1, 0.15) is 57.9 Å². The van der Waals surface area contributed by atoms with Crippen molar-refractivity contribution in [3.05, 3.63) is 41.7 Å². The first-order valence-electron chi connectivity index (χ1n) is 11.6. The van der Waals surface area contributed by atoms with Crippen LogP contribution in [-0.2, 0) is 14.9 Å². The summed E-state index contributed by atoms with van der Waals surface area (Å²) in [7, 11) is 0. The molecule has 0 spiro atoms. The third-order valence-corrected chi connectivity index (χ3v) is 7.61. The number of carbonyl (C=O) groups is 1. The monoisotopic (exact) mass is 430 g/mol. The van der Waals surface area contributed by atoms with Gasteiger partial charge in [-0.25, -0.2) is 4.39 Å². The highest BCUT2D eigenvalue weighted by molar-refractivity contribution is 5.84. The van der Waals surface area contributed by atoms with Crippen LogP contribution in [-0.4, -0.2) is 49.3 Å². The SMILES string of the molecule is CC(C)OC1CN(C(=O)C23CCC(c4ccc(OCC(=CF)CN)cc4)(CC2)CC3)C1. The fourth-order valence-corrected chi connectivity index (χ4v) is 5.57. The maximum absolute atomic E-state index is 13.3. The molecule has 31 heavy (non-hydrogen) atoms. The van der Waals surface area contributed by atoms with Crippen molar-refractivity contribution in [3.8, 4) is 5.75 Å². The number of halogens is 1. The van der Waals surface area contributed by atoms with Gasteiger partial charge in [0.25, 0.3) is 0 Å².